The van der Waals surface area contributed by atoms with E-state index in [4.69, 9.17) is 24.3 Å². The number of carbonyl (C=O) groups excluding carboxylic acids is 3. The van der Waals surface area contributed by atoms with E-state index in [9.17, 15) is 23.8 Å². The average Bonchev–Trinajstić information content (AvgIpc) is 3.15. The molecule has 0 aliphatic rings. The second-order valence-electron chi connectivity index (χ2n) is 12.4. The second kappa shape index (κ2) is 37.9. The van der Waals surface area contributed by atoms with Gasteiger partial charge < -0.3 is 20.1 Å². The summed E-state index contributed by atoms with van der Waals surface area (Å²) < 4.78 is 32.4. The Labute approximate surface area is 325 Å². The zero-order chi connectivity index (χ0) is 39.8. The summed E-state index contributed by atoms with van der Waals surface area (Å²) in [4.78, 5) is 46.9. The number of unbranched alkanes of at least 4 members (excludes halogenated alkanes) is 5. The average molecular weight is 774 g/mol. The number of rotatable bonds is 35. The highest BCUT2D eigenvalue weighted by Crippen LogP contribution is 2.43. The summed E-state index contributed by atoms with van der Waals surface area (Å²) in [6, 6.07) is 0. The van der Waals surface area contributed by atoms with E-state index in [2.05, 4.69) is 86.8 Å². The van der Waals surface area contributed by atoms with Gasteiger partial charge in [-0.25, -0.2) is 4.57 Å². The molecule has 11 heteroatoms. The van der Waals surface area contributed by atoms with Gasteiger partial charge in [0, 0.05) is 25.8 Å². The van der Waals surface area contributed by atoms with Crippen LogP contribution in [0.1, 0.15) is 123 Å². The van der Waals surface area contributed by atoms with Crippen LogP contribution in [0.5, 0.6) is 0 Å². The fourth-order valence-corrected chi connectivity index (χ4v) is 5.28. The molecule has 2 atom stereocenters. The van der Waals surface area contributed by atoms with Crippen molar-refractivity contribution < 1.29 is 42.4 Å². The number of ketones is 1. The molecule has 1 unspecified atom stereocenters. The lowest BCUT2D eigenvalue weighted by Crippen LogP contribution is -2.29. The Balaban J connectivity index is 4.52. The van der Waals surface area contributed by atoms with E-state index in [-0.39, 0.29) is 51.2 Å². The topological polar surface area (TPSA) is 151 Å². The van der Waals surface area contributed by atoms with Crippen molar-refractivity contribution >= 4 is 25.5 Å². The highest BCUT2D eigenvalue weighted by Gasteiger charge is 2.26. The van der Waals surface area contributed by atoms with E-state index in [1.807, 2.05) is 12.2 Å². The molecule has 0 amide bonds. The van der Waals surface area contributed by atoms with Crippen LogP contribution in [-0.2, 0) is 37.5 Å². The maximum Gasteiger partial charge on any atom is 0.472 e. The monoisotopic (exact) mass is 773 g/mol. The van der Waals surface area contributed by atoms with Gasteiger partial charge in [0.15, 0.2) is 11.9 Å². The summed E-state index contributed by atoms with van der Waals surface area (Å²) in [6.07, 6.45) is 44.5. The quantitative estimate of drug-likeness (QED) is 0.0159. The third-order valence-corrected chi connectivity index (χ3v) is 8.41. The van der Waals surface area contributed by atoms with E-state index in [1.165, 1.54) is 25.3 Å². The van der Waals surface area contributed by atoms with Crippen molar-refractivity contribution in [1.29, 1.82) is 0 Å². The minimum atomic E-state index is -4.46. The van der Waals surface area contributed by atoms with Gasteiger partial charge in [-0.15, -0.1) is 0 Å². The van der Waals surface area contributed by atoms with Crippen LogP contribution in [0.2, 0.25) is 0 Å². The van der Waals surface area contributed by atoms with Crippen LogP contribution in [0.3, 0.4) is 0 Å². The lowest BCUT2D eigenvalue weighted by atomic mass is 10.1. The highest BCUT2D eigenvalue weighted by atomic mass is 31.2. The first-order valence-electron chi connectivity index (χ1n) is 19.7. The largest absolute Gasteiger partial charge is 0.472 e. The molecule has 0 fully saturated rings. The Morgan fingerprint density at radius 1 is 0.630 bits per heavy atom. The molecule has 0 radical (unpaired) electrons. The van der Waals surface area contributed by atoms with E-state index in [0.717, 1.165) is 57.8 Å². The van der Waals surface area contributed by atoms with Crippen LogP contribution in [-0.4, -0.2) is 55.1 Å². The SMILES string of the molecule is CC/C=C\C/C=C\C/C=C\C/C=C\CCCCC(=O)OC[C@H](COP(=O)(O)OCCN)OC(=O)CCCC(=O)/C=C/C=C\C/C=C\C/C=C\CCCCC. The molecule has 10 nitrogen and oxygen atoms in total. The number of allylic oxidation sites excluding steroid dienone is 16. The van der Waals surface area contributed by atoms with Gasteiger partial charge in [0.2, 0.25) is 0 Å². The van der Waals surface area contributed by atoms with Gasteiger partial charge in [-0.2, -0.15) is 0 Å². The van der Waals surface area contributed by atoms with E-state index in [1.54, 1.807) is 6.08 Å². The zero-order valence-corrected chi connectivity index (χ0v) is 33.8. The molecule has 0 aliphatic heterocycles. The van der Waals surface area contributed by atoms with Crippen LogP contribution >= 0.6 is 7.82 Å². The highest BCUT2D eigenvalue weighted by molar-refractivity contribution is 7.47. The smallest absolute Gasteiger partial charge is 0.462 e. The standard InChI is InChI=1S/C43H68NO9P/c1-3-5-7-9-11-13-15-17-18-20-22-24-26-28-30-34-42(46)50-38-41(39-52-54(48,49)51-37-36-44)53-43(47)35-31-33-40(45)32-29-27-25-23-21-19-16-14-12-10-8-6-4-2/h5,7,11-14,17-19,21-22,24-25,27,29,32,41H,3-4,6,8-10,15-16,20,23,26,28,30-31,33-39,44H2,1-2H3,(H,48,49)/b7-5-,13-11-,14-12-,18-17-,21-19-,24-22-,27-25-,32-29+/t41-/m1/s1. The predicted octanol–water partition coefficient (Wildman–Crippen LogP) is 10.2. The molecule has 0 heterocycles. The van der Waals surface area contributed by atoms with Gasteiger partial charge in [0.25, 0.3) is 0 Å². The molecule has 0 aromatic carbocycles. The van der Waals surface area contributed by atoms with Gasteiger partial charge in [-0.3, -0.25) is 23.4 Å². The van der Waals surface area contributed by atoms with Crippen molar-refractivity contribution in [1.82, 2.24) is 0 Å². The van der Waals surface area contributed by atoms with Crippen molar-refractivity contribution in [3.63, 3.8) is 0 Å². The molecule has 0 bridgehead atoms. The normalized spacial score (nSPS) is 14.3. The fraction of sp³-hybridized carbons (Fsp3) is 0.558. The molecule has 54 heavy (non-hydrogen) atoms. The van der Waals surface area contributed by atoms with Crippen LogP contribution in [0, 0.1) is 0 Å². The summed E-state index contributed by atoms with van der Waals surface area (Å²) in [6.45, 7) is 3.21. The second-order valence-corrected chi connectivity index (χ2v) is 13.9. The van der Waals surface area contributed by atoms with Gasteiger partial charge in [0.05, 0.1) is 13.2 Å². The number of ether oxygens (including phenoxy) is 2. The summed E-state index contributed by atoms with van der Waals surface area (Å²) in [5, 5.41) is 0. The van der Waals surface area contributed by atoms with E-state index in [0.29, 0.717) is 6.42 Å². The fourth-order valence-electron chi connectivity index (χ4n) is 4.52. The lowest BCUT2D eigenvalue weighted by molar-refractivity contribution is -0.161. The molecule has 0 saturated carbocycles. The van der Waals surface area contributed by atoms with Crippen molar-refractivity contribution in [3.8, 4) is 0 Å². The van der Waals surface area contributed by atoms with Gasteiger partial charge in [0.1, 0.15) is 6.61 Å². The third kappa shape index (κ3) is 36.9. The summed E-state index contributed by atoms with van der Waals surface area (Å²) in [5.41, 5.74) is 5.31. The first-order valence-corrected chi connectivity index (χ1v) is 21.2. The van der Waals surface area contributed by atoms with Crippen molar-refractivity contribution in [2.24, 2.45) is 5.73 Å². The first kappa shape index (κ1) is 50.6. The minimum absolute atomic E-state index is 0.00508. The number of hydrogen-bond acceptors (Lipinski definition) is 9. The van der Waals surface area contributed by atoms with Crippen molar-refractivity contribution in [2.45, 2.75) is 129 Å². The third-order valence-electron chi connectivity index (χ3n) is 7.43. The van der Waals surface area contributed by atoms with Gasteiger partial charge >= 0.3 is 19.8 Å². The number of carbonyl (C=O) groups is 3. The summed E-state index contributed by atoms with van der Waals surface area (Å²) in [5.74, 6) is -1.28. The molecule has 304 valence electrons. The zero-order valence-electron chi connectivity index (χ0n) is 32.9. The number of phosphoric acid groups is 1. The van der Waals surface area contributed by atoms with Gasteiger partial charge in [-0.05, 0) is 83.1 Å². The molecular formula is C43H68NO9P. The molecule has 0 aliphatic carbocycles. The Kier molecular flexibility index (Phi) is 35.5. The Bertz CT molecular complexity index is 1260. The summed E-state index contributed by atoms with van der Waals surface area (Å²) in [7, 11) is -4.46. The summed E-state index contributed by atoms with van der Waals surface area (Å²) >= 11 is 0. The number of nitrogens with two attached hydrogens (primary N) is 1. The van der Waals surface area contributed by atoms with Crippen LogP contribution in [0.25, 0.3) is 0 Å². The molecule has 0 aromatic heterocycles. The maximum absolute atomic E-state index is 12.5. The Morgan fingerprint density at radius 3 is 1.78 bits per heavy atom. The number of hydrogen-bond donors (Lipinski definition) is 2. The number of phosphoric ester groups is 1. The van der Waals surface area contributed by atoms with Crippen molar-refractivity contribution in [2.75, 3.05) is 26.4 Å². The lowest BCUT2D eigenvalue weighted by Gasteiger charge is -2.19. The molecule has 3 N–H and O–H groups in total. The Morgan fingerprint density at radius 2 is 1.19 bits per heavy atom. The molecule has 0 spiro atoms. The maximum atomic E-state index is 12.5. The predicted molar refractivity (Wildman–Crippen MR) is 220 cm³/mol. The molecule has 0 aromatic rings. The van der Waals surface area contributed by atoms with Crippen LogP contribution < -0.4 is 5.73 Å². The molecular weight excluding hydrogens is 705 g/mol. The van der Waals surface area contributed by atoms with Gasteiger partial charge in [-0.1, -0.05) is 118 Å². The van der Waals surface area contributed by atoms with Crippen LogP contribution in [0.15, 0.2) is 97.2 Å². The van der Waals surface area contributed by atoms with Crippen LogP contribution in [0.4, 0.5) is 0 Å². The first-order chi connectivity index (χ1) is 26.2. The van der Waals surface area contributed by atoms with E-state index >= 15 is 0 Å². The molecule has 0 saturated heterocycles. The Hall–Kier alpha value is -3.40. The molecule has 0 rings (SSSR count). The number of esters is 2. The minimum Gasteiger partial charge on any atom is -0.462 e. The van der Waals surface area contributed by atoms with E-state index < -0.39 is 32.5 Å². The van der Waals surface area contributed by atoms with Crippen molar-refractivity contribution in [3.05, 3.63) is 97.2 Å².